The van der Waals surface area contributed by atoms with Gasteiger partial charge in [0, 0.05) is 12.5 Å². The molecule has 1 aliphatic rings. The lowest BCUT2D eigenvalue weighted by Crippen LogP contribution is -2.10. The molecule has 0 radical (unpaired) electrons. The van der Waals surface area contributed by atoms with E-state index in [2.05, 4.69) is 4.99 Å². The van der Waals surface area contributed by atoms with E-state index >= 15 is 0 Å². The molecule has 0 spiro atoms. The van der Waals surface area contributed by atoms with E-state index in [4.69, 9.17) is 14.2 Å². The summed E-state index contributed by atoms with van der Waals surface area (Å²) in [6, 6.07) is 11.8. The molecular weight excluding hydrogens is 322 g/mol. The van der Waals surface area contributed by atoms with Crippen LogP contribution in [0.15, 0.2) is 47.5 Å². The van der Waals surface area contributed by atoms with Gasteiger partial charge in [-0.1, -0.05) is 18.2 Å². The van der Waals surface area contributed by atoms with E-state index in [1.807, 2.05) is 30.3 Å². The van der Waals surface area contributed by atoms with Gasteiger partial charge >= 0.3 is 11.9 Å². The second-order valence-corrected chi connectivity index (χ2v) is 5.59. The molecule has 128 valence electrons. The minimum absolute atomic E-state index is 0.288. The predicted octanol–water partition coefficient (Wildman–Crippen LogP) is 2.97. The molecule has 3 rings (SSSR count). The normalized spacial score (nSPS) is 16.2. The van der Waals surface area contributed by atoms with Crippen molar-refractivity contribution in [1.82, 2.24) is 0 Å². The maximum absolute atomic E-state index is 12.3. The Bertz CT molecular complexity index is 858. The van der Waals surface area contributed by atoms with Crippen LogP contribution in [0.4, 0.5) is 0 Å². The van der Waals surface area contributed by atoms with E-state index in [1.54, 1.807) is 19.1 Å². The Labute approximate surface area is 145 Å². The first-order valence-corrected chi connectivity index (χ1v) is 7.71. The van der Waals surface area contributed by atoms with Crippen molar-refractivity contribution in [2.24, 2.45) is 4.99 Å². The number of carbonyl (C=O) groups is 2. The summed E-state index contributed by atoms with van der Waals surface area (Å²) in [5, 5.41) is 0. The molecule has 0 amide bonds. The van der Waals surface area contributed by atoms with Gasteiger partial charge in [-0.05, 0) is 42.3 Å². The summed E-state index contributed by atoms with van der Waals surface area (Å²) in [6.45, 7) is 3.09. The molecule has 1 heterocycles. The molecule has 25 heavy (non-hydrogen) atoms. The lowest BCUT2D eigenvalue weighted by Gasteiger charge is -2.14. The van der Waals surface area contributed by atoms with Gasteiger partial charge in [0.1, 0.15) is 0 Å². The van der Waals surface area contributed by atoms with Crippen LogP contribution < -0.4 is 9.47 Å². The largest absolute Gasteiger partial charge is 0.493 e. The van der Waals surface area contributed by atoms with Crippen LogP contribution in [0.3, 0.4) is 0 Å². The van der Waals surface area contributed by atoms with Crippen LogP contribution in [-0.2, 0) is 14.3 Å². The van der Waals surface area contributed by atoms with Gasteiger partial charge in [-0.2, -0.15) is 0 Å². The van der Waals surface area contributed by atoms with Crippen LogP contribution in [0.5, 0.6) is 11.5 Å². The van der Waals surface area contributed by atoms with Gasteiger partial charge in [0.15, 0.2) is 17.5 Å². The van der Waals surface area contributed by atoms with Crippen molar-refractivity contribution >= 4 is 17.8 Å². The Morgan fingerprint density at radius 2 is 1.92 bits per heavy atom. The van der Waals surface area contributed by atoms with E-state index in [0.717, 1.165) is 5.56 Å². The SMILES string of the molecule is COc1cc(C2N=C(c3ccccc3)OC2=O)cc(C)c1OC(C)=O. The van der Waals surface area contributed by atoms with Crippen LogP contribution >= 0.6 is 0 Å². The van der Waals surface area contributed by atoms with Crippen LogP contribution in [0.2, 0.25) is 0 Å². The molecule has 0 saturated heterocycles. The number of aryl methyl sites for hydroxylation is 1. The zero-order valence-electron chi connectivity index (χ0n) is 14.1. The second-order valence-electron chi connectivity index (χ2n) is 5.59. The van der Waals surface area contributed by atoms with E-state index in [1.165, 1.54) is 14.0 Å². The number of hydrogen-bond donors (Lipinski definition) is 0. The minimum Gasteiger partial charge on any atom is -0.493 e. The standard InChI is InChI=1S/C19H17NO5/c1-11-9-14(10-15(23-3)17(11)24-12(2)21)16-19(22)25-18(20-16)13-7-5-4-6-8-13/h4-10,16H,1-3H3. The Hall–Kier alpha value is -3.15. The Kier molecular flexibility index (Phi) is 4.52. The number of nitrogens with zero attached hydrogens (tertiary/aromatic N) is 1. The second kappa shape index (κ2) is 6.76. The van der Waals surface area contributed by atoms with Gasteiger partial charge in [-0.3, -0.25) is 4.79 Å². The van der Waals surface area contributed by atoms with Crippen molar-refractivity contribution in [3.05, 3.63) is 59.2 Å². The molecule has 1 aliphatic heterocycles. The van der Waals surface area contributed by atoms with Crippen LogP contribution in [0, 0.1) is 6.92 Å². The number of cyclic esters (lactones) is 1. The molecule has 6 heteroatoms. The molecule has 0 aromatic heterocycles. The first kappa shape index (κ1) is 16.7. The molecule has 1 unspecified atom stereocenters. The van der Waals surface area contributed by atoms with Crippen molar-refractivity contribution < 1.29 is 23.8 Å². The van der Waals surface area contributed by atoms with Crippen LogP contribution in [-0.4, -0.2) is 24.9 Å². The summed E-state index contributed by atoms with van der Waals surface area (Å²) in [4.78, 5) is 27.9. The van der Waals surface area contributed by atoms with Gasteiger partial charge < -0.3 is 14.2 Å². The first-order chi connectivity index (χ1) is 12.0. The summed E-state index contributed by atoms with van der Waals surface area (Å²) < 4.78 is 15.8. The minimum atomic E-state index is -0.783. The fourth-order valence-electron chi connectivity index (χ4n) is 2.62. The monoisotopic (exact) mass is 339 g/mol. The zero-order chi connectivity index (χ0) is 18.0. The number of rotatable bonds is 4. The third-order valence-electron chi connectivity index (χ3n) is 3.73. The predicted molar refractivity (Wildman–Crippen MR) is 90.9 cm³/mol. The topological polar surface area (TPSA) is 74.2 Å². The van der Waals surface area contributed by atoms with Crippen LogP contribution in [0.25, 0.3) is 0 Å². The summed E-state index contributed by atoms with van der Waals surface area (Å²) in [5.74, 6) is 0.0781. The van der Waals surface area contributed by atoms with Gasteiger partial charge in [0.05, 0.1) is 7.11 Å². The molecule has 0 aliphatic carbocycles. The number of esters is 2. The molecule has 6 nitrogen and oxygen atoms in total. The fraction of sp³-hybridized carbons (Fsp3) is 0.211. The summed E-state index contributed by atoms with van der Waals surface area (Å²) in [7, 11) is 1.47. The van der Waals surface area contributed by atoms with E-state index in [0.29, 0.717) is 22.6 Å². The highest BCUT2D eigenvalue weighted by molar-refractivity contribution is 6.06. The van der Waals surface area contributed by atoms with E-state index < -0.39 is 18.0 Å². The molecule has 2 aromatic carbocycles. The lowest BCUT2D eigenvalue weighted by molar-refractivity contribution is -0.135. The number of carbonyl (C=O) groups excluding carboxylic acids is 2. The molecule has 0 N–H and O–H groups in total. The van der Waals surface area contributed by atoms with Crippen molar-refractivity contribution in [1.29, 1.82) is 0 Å². The summed E-state index contributed by atoms with van der Waals surface area (Å²) in [5.41, 5.74) is 2.01. The van der Waals surface area contributed by atoms with Gasteiger partial charge in [0.25, 0.3) is 0 Å². The Morgan fingerprint density at radius 3 is 2.56 bits per heavy atom. The lowest BCUT2D eigenvalue weighted by atomic mass is 10.0. The van der Waals surface area contributed by atoms with Crippen molar-refractivity contribution in [3.63, 3.8) is 0 Å². The van der Waals surface area contributed by atoms with Gasteiger partial charge in [0.2, 0.25) is 5.90 Å². The van der Waals surface area contributed by atoms with E-state index in [-0.39, 0.29) is 5.90 Å². The highest BCUT2D eigenvalue weighted by Crippen LogP contribution is 2.37. The van der Waals surface area contributed by atoms with E-state index in [9.17, 15) is 9.59 Å². The average molecular weight is 339 g/mol. The third kappa shape index (κ3) is 3.38. The highest BCUT2D eigenvalue weighted by atomic mass is 16.6. The highest BCUT2D eigenvalue weighted by Gasteiger charge is 2.32. The average Bonchev–Trinajstić information content (AvgIpc) is 2.99. The van der Waals surface area contributed by atoms with Crippen LogP contribution in [0.1, 0.15) is 29.7 Å². The number of methoxy groups -OCH3 is 1. The maximum Gasteiger partial charge on any atom is 0.342 e. The molecule has 2 aromatic rings. The number of ether oxygens (including phenoxy) is 3. The number of benzene rings is 2. The Morgan fingerprint density at radius 1 is 1.20 bits per heavy atom. The first-order valence-electron chi connectivity index (χ1n) is 7.71. The molecule has 0 fully saturated rings. The number of aliphatic imine (C=N–C) groups is 1. The summed E-state index contributed by atoms with van der Waals surface area (Å²) in [6.07, 6.45) is 0. The Balaban J connectivity index is 1.99. The molecular formula is C19H17NO5. The van der Waals surface area contributed by atoms with Crippen molar-refractivity contribution in [2.75, 3.05) is 7.11 Å². The molecule has 0 bridgehead atoms. The number of hydrogen-bond acceptors (Lipinski definition) is 6. The van der Waals surface area contributed by atoms with Crippen molar-refractivity contribution in [3.8, 4) is 11.5 Å². The quantitative estimate of drug-likeness (QED) is 0.632. The van der Waals surface area contributed by atoms with Gasteiger partial charge in [-0.15, -0.1) is 0 Å². The zero-order valence-corrected chi connectivity index (χ0v) is 14.1. The maximum atomic E-state index is 12.3. The van der Waals surface area contributed by atoms with Crippen molar-refractivity contribution in [2.45, 2.75) is 19.9 Å². The fourth-order valence-corrected chi connectivity index (χ4v) is 2.62. The molecule has 0 saturated carbocycles. The smallest absolute Gasteiger partial charge is 0.342 e. The molecule has 1 atom stereocenters. The third-order valence-corrected chi connectivity index (χ3v) is 3.73. The van der Waals surface area contributed by atoms with Gasteiger partial charge in [-0.25, -0.2) is 9.79 Å². The summed E-state index contributed by atoms with van der Waals surface area (Å²) >= 11 is 0.